The Balaban J connectivity index is 1.51. The lowest BCUT2D eigenvalue weighted by Gasteiger charge is -2.25. The molecule has 0 atom stereocenters. The van der Waals surface area contributed by atoms with Gasteiger partial charge in [-0.05, 0) is 5.56 Å². The van der Waals surface area contributed by atoms with Crippen LogP contribution in [0.1, 0.15) is 16.1 Å². The van der Waals surface area contributed by atoms with E-state index >= 15 is 0 Å². The minimum absolute atomic E-state index is 0.0216. The summed E-state index contributed by atoms with van der Waals surface area (Å²) in [6, 6.07) is 10.5. The first kappa shape index (κ1) is 18.0. The predicted molar refractivity (Wildman–Crippen MR) is 97.7 cm³/mol. The number of fused-ring (bicyclic) bond motifs is 1. The summed E-state index contributed by atoms with van der Waals surface area (Å²) in [7, 11) is 1.60. The zero-order chi connectivity index (χ0) is 17.5. The van der Waals surface area contributed by atoms with Gasteiger partial charge < -0.3 is 9.47 Å². The van der Waals surface area contributed by atoms with E-state index in [-0.39, 0.29) is 12.5 Å². The molecule has 134 valence electrons. The topological polar surface area (TPSA) is 63.7 Å². The van der Waals surface area contributed by atoms with E-state index in [1.807, 2.05) is 6.07 Å². The second-order valence-electron chi connectivity index (χ2n) is 5.93. The lowest BCUT2D eigenvalue weighted by Crippen LogP contribution is -2.29. The molecule has 3 rings (SSSR count). The number of aromatic nitrogens is 1. The van der Waals surface area contributed by atoms with Crippen molar-refractivity contribution in [2.45, 2.75) is 19.5 Å². The molecule has 1 aromatic carbocycles. The first-order chi connectivity index (χ1) is 12.2. The van der Waals surface area contributed by atoms with Gasteiger partial charge in [0, 0.05) is 38.0 Å². The third-order valence-corrected chi connectivity index (χ3v) is 4.97. The number of carbonyl (C=O) groups is 1. The fourth-order valence-corrected chi connectivity index (χ4v) is 3.81. The molecule has 1 aromatic heterocycles. The number of anilines is 1. The Kier molecular flexibility index (Phi) is 6.52. The summed E-state index contributed by atoms with van der Waals surface area (Å²) in [6.45, 7) is 3.71. The van der Waals surface area contributed by atoms with Gasteiger partial charge >= 0.3 is 0 Å². The van der Waals surface area contributed by atoms with Crippen molar-refractivity contribution in [3.63, 3.8) is 0 Å². The van der Waals surface area contributed by atoms with Gasteiger partial charge in [-0.25, -0.2) is 4.98 Å². The van der Waals surface area contributed by atoms with Crippen molar-refractivity contribution in [1.82, 2.24) is 9.88 Å². The van der Waals surface area contributed by atoms with Crippen molar-refractivity contribution < 1.29 is 14.3 Å². The molecule has 1 aliphatic rings. The Morgan fingerprint density at radius 3 is 2.96 bits per heavy atom. The van der Waals surface area contributed by atoms with Gasteiger partial charge in [-0.2, -0.15) is 0 Å². The molecule has 2 aromatic rings. The van der Waals surface area contributed by atoms with Gasteiger partial charge in [0.2, 0.25) is 0 Å². The van der Waals surface area contributed by atoms with Crippen LogP contribution in [0.15, 0.2) is 30.3 Å². The minimum atomic E-state index is -0.177. The second-order valence-corrected chi connectivity index (χ2v) is 7.01. The number of carbonyl (C=O) groups excluding carboxylic acids is 1. The molecular weight excluding hydrogens is 338 g/mol. The Morgan fingerprint density at radius 1 is 1.32 bits per heavy atom. The lowest BCUT2D eigenvalue weighted by molar-refractivity contribution is -0.121. The van der Waals surface area contributed by atoms with Crippen LogP contribution in [0, 0.1) is 0 Å². The molecule has 7 heteroatoms. The lowest BCUT2D eigenvalue weighted by atomic mass is 10.1. The highest BCUT2D eigenvalue weighted by atomic mass is 32.1. The molecule has 6 nitrogen and oxygen atoms in total. The number of ether oxygens (including phenoxy) is 2. The van der Waals surface area contributed by atoms with Crippen LogP contribution in [0.4, 0.5) is 5.13 Å². The third-order valence-electron chi connectivity index (χ3n) is 3.97. The van der Waals surface area contributed by atoms with Gasteiger partial charge in [0.25, 0.3) is 5.91 Å². The molecule has 0 bridgehead atoms. The van der Waals surface area contributed by atoms with Crippen molar-refractivity contribution in [3.05, 3.63) is 46.5 Å². The highest BCUT2D eigenvalue weighted by Crippen LogP contribution is 2.28. The Hall–Kier alpha value is -1.80. The van der Waals surface area contributed by atoms with Crippen LogP contribution in [0.2, 0.25) is 0 Å². The van der Waals surface area contributed by atoms with Crippen LogP contribution in [0.3, 0.4) is 0 Å². The largest absolute Gasteiger partial charge is 0.382 e. The van der Waals surface area contributed by atoms with Crippen LogP contribution >= 0.6 is 11.3 Å². The van der Waals surface area contributed by atoms with Crippen LogP contribution in [-0.4, -0.2) is 49.3 Å². The third kappa shape index (κ3) is 5.34. The average molecular weight is 361 g/mol. The van der Waals surface area contributed by atoms with Crippen LogP contribution in [0.25, 0.3) is 0 Å². The minimum Gasteiger partial charge on any atom is -0.382 e. The maximum atomic E-state index is 11.9. The van der Waals surface area contributed by atoms with Crippen molar-refractivity contribution >= 4 is 22.4 Å². The molecule has 1 aliphatic heterocycles. The highest BCUT2D eigenvalue weighted by Gasteiger charge is 2.21. The Bertz CT molecular complexity index is 690. The molecule has 0 spiro atoms. The molecule has 0 saturated carbocycles. The summed E-state index contributed by atoms with van der Waals surface area (Å²) in [6.07, 6.45) is 0.916. The van der Waals surface area contributed by atoms with Gasteiger partial charge in [-0.3, -0.25) is 15.0 Å². The molecular formula is C18H23N3O3S. The number of rotatable bonds is 8. The quantitative estimate of drug-likeness (QED) is 0.731. The van der Waals surface area contributed by atoms with Gasteiger partial charge in [-0.15, -0.1) is 11.3 Å². The summed E-state index contributed by atoms with van der Waals surface area (Å²) in [5.41, 5.74) is 2.42. The van der Waals surface area contributed by atoms with Crippen LogP contribution in [-0.2, 0) is 33.8 Å². The molecule has 1 amide bonds. The van der Waals surface area contributed by atoms with E-state index in [0.717, 1.165) is 31.7 Å². The van der Waals surface area contributed by atoms with Gasteiger partial charge in [0.1, 0.15) is 6.61 Å². The van der Waals surface area contributed by atoms with Crippen LogP contribution < -0.4 is 5.32 Å². The van der Waals surface area contributed by atoms with Crippen molar-refractivity contribution in [2.24, 2.45) is 0 Å². The number of hydrogen-bond acceptors (Lipinski definition) is 6. The predicted octanol–water partition coefficient (Wildman–Crippen LogP) is 2.30. The fraction of sp³-hybridized carbons (Fsp3) is 0.444. The fourth-order valence-electron chi connectivity index (χ4n) is 2.74. The standard InChI is InChI=1S/C18H23N3O3S/c1-23-9-10-24-13-17(22)20-18-19-15-7-8-21(12-16(15)25-18)11-14-5-3-2-4-6-14/h2-6H,7-13H2,1H3,(H,19,20,22). The average Bonchev–Trinajstić information content (AvgIpc) is 3.01. The summed E-state index contributed by atoms with van der Waals surface area (Å²) in [5, 5.41) is 3.48. The second kappa shape index (κ2) is 9.05. The number of hydrogen-bond donors (Lipinski definition) is 1. The molecule has 0 saturated heterocycles. The van der Waals surface area contributed by atoms with E-state index in [1.54, 1.807) is 18.4 Å². The monoisotopic (exact) mass is 361 g/mol. The number of nitrogens with zero attached hydrogens (tertiary/aromatic N) is 2. The molecule has 0 fully saturated rings. The highest BCUT2D eigenvalue weighted by molar-refractivity contribution is 7.15. The molecule has 2 heterocycles. The zero-order valence-electron chi connectivity index (χ0n) is 14.4. The first-order valence-corrected chi connectivity index (χ1v) is 9.17. The molecule has 25 heavy (non-hydrogen) atoms. The molecule has 0 aliphatic carbocycles. The number of benzene rings is 1. The van der Waals surface area contributed by atoms with E-state index < -0.39 is 0 Å². The normalized spacial score (nSPS) is 14.3. The first-order valence-electron chi connectivity index (χ1n) is 8.36. The molecule has 0 unspecified atom stereocenters. The summed E-state index contributed by atoms with van der Waals surface area (Å²) in [4.78, 5) is 20.1. The van der Waals surface area contributed by atoms with E-state index in [0.29, 0.717) is 18.3 Å². The van der Waals surface area contributed by atoms with Crippen LogP contribution in [0.5, 0.6) is 0 Å². The van der Waals surface area contributed by atoms with Gasteiger partial charge in [0.05, 0.1) is 18.9 Å². The summed E-state index contributed by atoms with van der Waals surface area (Å²) < 4.78 is 10.1. The molecule has 1 N–H and O–H groups in total. The van der Waals surface area contributed by atoms with Crippen molar-refractivity contribution in [3.8, 4) is 0 Å². The zero-order valence-corrected chi connectivity index (χ0v) is 15.2. The van der Waals surface area contributed by atoms with E-state index in [2.05, 4.69) is 39.5 Å². The molecule has 0 radical (unpaired) electrons. The summed E-state index contributed by atoms with van der Waals surface area (Å²) >= 11 is 1.56. The smallest absolute Gasteiger partial charge is 0.252 e. The number of nitrogens with one attached hydrogen (secondary N) is 1. The van der Waals surface area contributed by atoms with E-state index in [4.69, 9.17) is 9.47 Å². The van der Waals surface area contributed by atoms with E-state index in [9.17, 15) is 4.79 Å². The Labute approximate surface area is 151 Å². The maximum Gasteiger partial charge on any atom is 0.252 e. The number of amides is 1. The number of thiazole rings is 1. The van der Waals surface area contributed by atoms with Gasteiger partial charge in [-0.1, -0.05) is 30.3 Å². The number of methoxy groups -OCH3 is 1. The van der Waals surface area contributed by atoms with Gasteiger partial charge in [0.15, 0.2) is 5.13 Å². The SMILES string of the molecule is COCCOCC(=O)Nc1nc2c(s1)CN(Cc1ccccc1)CC2. The maximum absolute atomic E-state index is 11.9. The van der Waals surface area contributed by atoms with E-state index in [1.165, 1.54) is 10.4 Å². The van der Waals surface area contributed by atoms with Crippen molar-refractivity contribution in [2.75, 3.05) is 38.8 Å². The van der Waals surface area contributed by atoms with Crippen molar-refractivity contribution in [1.29, 1.82) is 0 Å². The summed E-state index contributed by atoms with van der Waals surface area (Å²) in [5.74, 6) is -0.177. The Morgan fingerprint density at radius 2 is 2.16 bits per heavy atom.